The fraction of sp³-hybridized carbons (Fsp3) is 0.200. The van der Waals surface area contributed by atoms with Crippen molar-refractivity contribution in [3.05, 3.63) is 64.5 Å². The average molecular weight is 432 g/mol. The normalized spacial score (nSPS) is 10.6. The SMILES string of the molecule is CC(=O)c1ccc(NC(=O)CSc2nnc(COc3ccc(Cl)cc3C)o2)cc1. The number of ketones is 1. The first-order valence-corrected chi connectivity index (χ1v) is 10.0. The Labute approximate surface area is 176 Å². The van der Waals surface area contributed by atoms with Crippen molar-refractivity contribution < 1.29 is 18.7 Å². The van der Waals surface area contributed by atoms with Crippen LogP contribution < -0.4 is 10.1 Å². The molecule has 9 heteroatoms. The summed E-state index contributed by atoms with van der Waals surface area (Å²) in [5, 5.41) is 11.5. The molecule has 0 unspecified atom stereocenters. The Morgan fingerprint density at radius 3 is 2.62 bits per heavy atom. The molecule has 0 aliphatic carbocycles. The zero-order valence-electron chi connectivity index (χ0n) is 15.8. The van der Waals surface area contributed by atoms with Crippen molar-refractivity contribution in [2.45, 2.75) is 25.7 Å². The average Bonchev–Trinajstić information content (AvgIpc) is 3.14. The van der Waals surface area contributed by atoms with Crippen LogP contribution in [-0.4, -0.2) is 27.6 Å². The molecule has 0 fully saturated rings. The van der Waals surface area contributed by atoms with Gasteiger partial charge < -0.3 is 14.5 Å². The number of nitrogens with one attached hydrogen (secondary N) is 1. The number of benzene rings is 2. The van der Waals surface area contributed by atoms with Gasteiger partial charge in [-0.05, 0) is 61.9 Å². The van der Waals surface area contributed by atoms with Crippen molar-refractivity contribution in [3.8, 4) is 5.75 Å². The Morgan fingerprint density at radius 2 is 1.93 bits per heavy atom. The van der Waals surface area contributed by atoms with E-state index in [1.165, 1.54) is 6.92 Å². The van der Waals surface area contributed by atoms with Gasteiger partial charge in [0.25, 0.3) is 11.1 Å². The number of aryl methyl sites for hydroxylation is 1. The number of carbonyl (C=O) groups is 2. The van der Waals surface area contributed by atoms with Crippen LogP contribution in [0.25, 0.3) is 0 Å². The van der Waals surface area contributed by atoms with E-state index in [0.29, 0.717) is 27.9 Å². The van der Waals surface area contributed by atoms with Crippen molar-refractivity contribution in [2.75, 3.05) is 11.1 Å². The number of rotatable bonds is 8. The standard InChI is InChI=1S/C20H18ClN3O4S/c1-12-9-15(21)5-8-17(12)27-10-19-23-24-20(28-19)29-11-18(26)22-16-6-3-14(4-7-16)13(2)25/h3-9H,10-11H2,1-2H3,(H,22,26). The lowest BCUT2D eigenvalue weighted by Crippen LogP contribution is -2.14. The quantitative estimate of drug-likeness (QED) is 0.413. The van der Waals surface area contributed by atoms with Gasteiger partial charge in [-0.3, -0.25) is 9.59 Å². The smallest absolute Gasteiger partial charge is 0.277 e. The molecule has 150 valence electrons. The van der Waals surface area contributed by atoms with Crippen molar-refractivity contribution in [1.29, 1.82) is 0 Å². The number of hydrogen-bond acceptors (Lipinski definition) is 7. The number of Topliss-reactive ketones (excluding diaryl/α,β-unsaturated/α-hetero) is 1. The van der Waals surface area contributed by atoms with Crippen molar-refractivity contribution >= 4 is 40.7 Å². The molecule has 29 heavy (non-hydrogen) atoms. The van der Waals surface area contributed by atoms with Crippen LogP contribution in [0.1, 0.15) is 28.7 Å². The molecule has 0 aliphatic heterocycles. The zero-order valence-corrected chi connectivity index (χ0v) is 17.3. The number of ether oxygens (including phenoxy) is 1. The predicted molar refractivity (Wildman–Crippen MR) is 111 cm³/mol. The van der Waals surface area contributed by atoms with Crippen LogP contribution in [-0.2, 0) is 11.4 Å². The van der Waals surface area contributed by atoms with Crippen LogP contribution in [0.15, 0.2) is 52.1 Å². The number of halogens is 1. The number of carbonyl (C=O) groups excluding carboxylic acids is 2. The second-order valence-electron chi connectivity index (χ2n) is 6.13. The van der Waals surface area contributed by atoms with E-state index in [1.807, 2.05) is 6.92 Å². The maximum absolute atomic E-state index is 12.1. The van der Waals surface area contributed by atoms with Crippen molar-refractivity contribution in [3.63, 3.8) is 0 Å². The Bertz CT molecular complexity index is 1020. The summed E-state index contributed by atoms with van der Waals surface area (Å²) in [6.45, 7) is 3.50. The van der Waals surface area contributed by atoms with Gasteiger partial charge >= 0.3 is 0 Å². The van der Waals surface area contributed by atoms with Gasteiger partial charge in [0.15, 0.2) is 12.4 Å². The Hall–Kier alpha value is -2.84. The number of nitrogens with zero attached hydrogens (tertiary/aromatic N) is 2. The molecule has 2 aromatic carbocycles. The molecular formula is C20H18ClN3O4S. The van der Waals surface area contributed by atoms with Gasteiger partial charge in [0.05, 0.1) is 5.75 Å². The van der Waals surface area contributed by atoms with Crippen LogP contribution in [0.5, 0.6) is 5.75 Å². The number of anilines is 1. The molecule has 1 N–H and O–H groups in total. The molecule has 0 aliphatic rings. The van der Waals surface area contributed by atoms with E-state index in [-0.39, 0.29) is 29.3 Å². The van der Waals surface area contributed by atoms with E-state index in [4.69, 9.17) is 20.8 Å². The van der Waals surface area contributed by atoms with Crippen molar-refractivity contribution in [1.82, 2.24) is 10.2 Å². The molecule has 3 aromatic rings. The molecule has 0 saturated heterocycles. The van der Waals surface area contributed by atoms with Gasteiger partial charge in [-0.1, -0.05) is 23.4 Å². The predicted octanol–water partition coefficient (Wildman–Crippen LogP) is 4.54. The molecule has 0 saturated carbocycles. The third kappa shape index (κ3) is 6.07. The molecule has 1 heterocycles. The summed E-state index contributed by atoms with van der Waals surface area (Å²) in [4.78, 5) is 23.3. The summed E-state index contributed by atoms with van der Waals surface area (Å²) < 4.78 is 11.1. The maximum atomic E-state index is 12.1. The summed E-state index contributed by atoms with van der Waals surface area (Å²) in [5.74, 6) is 0.839. The van der Waals surface area contributed by atoms with Gasteiger partial charge in [0.1, 0.15) is 5.75 Å². The first-order chi connectivity index (χ1) is 13.9. The third-order valence-corrected chi connectivity index (χ3v) is 4.89. The van der Waals surface area contributed by atoms with Gasteiger partial charge in [-0.25, -0.2) is 0 Å². The van der Waals surface area contributed by atoms with Crippen LogP contribution in [0.2, 0.25) is 5.02 Å². The van der Waals surface area contributed by atoms with Gasteiger partial charge in [-0.2, -0.15) is 0 Å². The largest absolute Gasteiger partial charge is 0.484 e. The Balaban J connectivity index is 1.47. The highest BCUT2D eigenvalue weighted by molar-refractivity contribution is 7.99. The Morgan fingerprint density at radius 1 is 1.17 bits per heavy atom. The van der Waals surface area contributed by atoms with E-state index >= 15 is 0 Å². The van der Waals surface area contributed by atoms with Gasteiger partial charge in [0.2, 0.25) is 5.91 Å². The van der Waals surface area contributed by atoms with Gasteiger partial charge in [0, 0.05) is 16.3 Å². The summed E-state index contributed by atoms with van der Waals surface area (Å²) in [6.07, 6.45) is 0. The summed E-state index contributed by atoms with van der Waals surface area (Å²) in [5.41, 5.74) is 2.10. The fourth-order valence-corrected chi connectivity index (χ4v) is 3.19. The first-order valence-electron chi connectivity index (χ1n) is 8.65. The highest BCUT2D eigenvalue weighted by Crippen LogP contribution is 2.23. The minimum Gasteiger partial charge on any atom is -0.484 e. The molecule has 3 rings (SSSR count). The highest BCUT2D eigenvalue weighted by Gasteiger charge is 2.11. The molecule has 1 amide bonds. The molecular weight excluding hydrogens is 414 g/mol. The Kier molecular flexibility index (Phi) is 6.90. The number of aromatic nitrogens is 2. The van der Waals surface area contributed by atoms with Crippen LogP contribution >= 0.6 is 23.4 Å². The maximum Gasteiger partial charge on any atom is 0.277 e. The second kappa shape index (κ2) is 9.58. The minimum absolute atomic E-state index is 0.0270. The number of thioether (sulfide) groups is 1. The van der Waals surface area contributed by atoms with Crippen LogP contribution in [0.3, 0.4) is 0 Å². The second-order valence-corrected chi connectivity index (χ2v) is 7.49. The third-order valence-electron chi connectivity index (χ3n) is 3.84. The lowest BCUT2D eigenvalue weighted by molar-refractivity contribution is -0.113. The summed E-state index contributed by atoms with van der Waals surface area (Å²) in [7, 11) is 0. The molecule has 0 spiro atoms. The zero-order chi connectivity index (χ0) is 20.8. The number of hydrogen-bond donors (Lipinski definition) is 1. The molecule has 0 radical (unpaired) electrons. The fourth-order valence-electron chi connectivity index (χ4n) is 2.38. The summed E-state index contributed by atoms with van der Waals surface area (Å²) in [6, 6.07) is 12.0. The highest BCUT2D eigenvalue weighted by atomic mass is 35.5. The van der Waals surface area contributed by atoms with E-state index in [0.717, 1.165) is 17.3 Å². The lowest BCUT2D eigenvalue weighted by atomic mass is 10.1. The van der Waals surface area contributed by atoms with E-state index in [9.17, 15) is 9.59 Å². The van der Waals surface area contributed by atoms with E-state index in [1.54, 1.807) is 42.5 Å². The topological polar surface area (TPSA) is 94.3 Å². The molecule has 0 atom stereocenters. The first kappa shape index (κ1) is 20.9. The van der Waals surface area contributed by atoms with E-state index < -0.39 is 0 Å². The van der Waals surface area contributed by atoms with Crippen molar-refractivity contribution in [2.24, 2.45) is 0 Å². The van der Waals surface area contributed by atoms with Crippen LogP contribution in [0.4, 0.5) is 5.69 Å². The minimum atomic E-state index is -0.224. The van der Waals surface area contributed by atoms with Crippen LogP contribution in [0, 0.1) is 6.92 Å². The molecule has 1 aromatic heterocycles. The summed E-state index contributed by atoms with van der Waals surface area (Å²) >= 11 is 7.05. The monoisotopic (exact) mass is 431 g/mol. The molecule has 0 bridgehead atoms. The van der Waals surface area contributed by atoms with Gasteiger partial charge in [-0.15, -0.1) is 10.2 Å². The molecule has 7 nitrogen and oxygen atoms in total. The number of amides is 1. The lowest BCUT2D eigenvalue weighted by Gasteiger charge is -2.06. The van der Waals surface area contributed by atoms with E-state index in [2.05, 4.69) is 15.5 Å².